The first-order valence-corrected chi connectivity index (χ1v) is 7.86. The fourth-order valence-corrected chi connectivity index (χ4v) is 2.43. The summed E-state index contributed by atoms with van der Waals surface area (Å²) in [4.78, 5) is 35.3. The second-order valence-corrected chi connectivity index (χ2v) is 5.46. The minimum Gasteiger partial charge on any atom is -0.465 e. The van der Waals surface area contributed by atoms with Gasteiger partial charge in [0.25, 0.3) is 0 Å². The van der Waals surface area contributed by atoms with Gasteiger partial charge < -0.3 is 14.3 Å². The molecule has 1 aromatic carbocycles. The van der Waals surface area contributed by atoms with Crippen LogP contribution in [0.25, 0.3) is 0 Å². The smallest absolute Gasteiger partial charge is 0.320 e. The van der Waals surface area contributed by atoms with Crippen LogP contribution in [0.4, 0.5) is 0 Å². The molecule has 1 aromatic rings. The second-order valence-electron chi connectivity index (χ2n) is 4.54. The average molecular weight is 371 g/mol. The van der Waals surface area contributed by atoms with Gasteiger partial charge in [-0.25, -0.2) is 0 Å². The van der Waals surface area contributed by atoms with E-state index in [0.717, 1.165) is 4.47 Å². The van der Waals surface area contributed by atoms with E-state index in [9.17, 15) is 14.4 Å². The number of halogens is 1. The molecule has 0 N–H and O–H groups in total. The summed E-state index contributed by atoms with van der Waals surface area (Å²) in [6, 6.07) is 7.12. The van der Waals surface area contributed by atoms with E-state index in [0.29, 0.717) is 11.8 Å². The van der Waals surface area contributed by atoms with Gasteiger partial charge in [-0.2, -0.15) is 0 Å². The molecule has 0 aliphatic rings. The number of ether oxygens (including phenoxy) is 2. The van der Waals surface area contributed by atoms with E-state index >= 15 is 0 Å². The van der Waals surface area contributed by atoms with Crippen LogP contribution in [0.15, 0.2) is 28.7 Å². The van der Waals surface area contributed by atoms with Crippen molar-refractivity contribution in [3.63, 3.8) is 0 Å². The van der Waals surface area contributed by atoms with Crippen LogP contribution in [0.3, 0.4) is 0 Å². The highest BCUT2D eigenvalue weighted by Gasteiger charge is 2.38. The topological polar surface area (TPSA) is 69.7 Å². The fraction of sp³-hybridized carbons (Fsp3) is 0.438. The maximum absolute atomic E-state index is 12.2. The molecule has 0 amide bonds. The number of hydrogen-bond donors (Lipinski definition) is 0. The number of rotatable bonds is 8. The van der Waals surface area contributed by atoms with Crippen LogP contribution in [0.2, 0.25) is 0 Å². The molecule has 0 heterocycles. The molecule has 6 heteroatoms. The molecule has 0 fully saturated rings. The Morgan fingerprint density at radius 1 is 1.09 bits per heavy atom. The van der Waals surface area contributed by atoms with Gasteiger partial charge in [-0.15, -0.1) is 0 Å². The number of hydrogen-bond acceptors (Lipinski definition) is 5. The van der Waals surface area contributed by atoms with E-state index in [1.807, 2.05) is 0 Å². The summed E-state index contributed by atoms with van der Waals surface area (Å²) in [7, 11) is 0. The molecule has 1 atom stereocenters. The highest BCUT2D eigenvalue weighted by Crippen LogP contribution is 2.30. The number of carbonyl (C=O) groups excluding carboxylic acids is 3. The van der Waals surface area contributed by atoms with Crippen molar-refractivity contribution in [1.82, 2.24) is 0 Å². The molecule has 120 valence electrons. The van der Waals surface area contributed by atoms with Crippen molar-refractivity contribution in [3.8, 4) is 0 Å². The lowest BCUT2D eigenvalue weighted by molar-refractivity contribution is -0.162. The number of carbonyl (C=O) groups is 3. The monoisotopic (exact) mass is 370 g/mol. The molecule has 5 nitrogen and oxygen atoms in total. The maximum Gasteiger partial charge on any atom is 0.320 e. The zero-order valence-electron chi connectivity index (χ0n) is 12.6. The summed E-state index contributed by atoms with van der Waals surface area (Å²) in [5, 5.41) is 0. The Hall–Kier alpha value is -1.69. The van der Waals surface area contributed by atoms with E-state index in [4.69, 9.17) is 9.47 Å². The quantitative estimate of drug-likeness (QED) is 0.399. The average Bonchev–Trinajstić information content (AvgIpc) is 2.48. The van der Waals surface area contributed by atoms with Crippen LogP contribution in [0.1, 0.15) is 31.7 Å². The molecule has 0 unspecified atom stereocenters. The second kappa shape index (κ2) is 9.35. The molecule has 0 spiro atoms. The Balaban J connectivity index is 3.18. The lowest BCUT2D eigenvalue weighted by Gasteiger charge is -2.23. The summed E-state index contributed by atoms with van der Waals surface area (Å²) in [5.74, 6) is -3.10. The van der Waals surface area contributed by atoms with Crippen LogP contribution in [-0.4, -0.2) is 31.4 Å². The first-order valence-electron chi connectivity index (χ1n) is 7.07. The van der Waals surface area contributed by atoms with Crippen LogP contribution < -0.4 is 0 Å². The molecular weight excluding hydrogens is 352 g/mol. The standard InChI is InChI=1S/C16H19BrO5/c1-3-21-15(19)14(16(20)22-4-2)13(9-10-18)11-5-7-12(17)8-6-11/h5-8,10,13-14H,3-4,9H2,1-2H3/t13-/m0/s1. The van der Waals surface area contributed by atoms with Gasteiger partial charge in [-0.05, 0) is 31.5 Å². The predicted octanol–water partition coefficient (Wildman–Crippen LogP) is 2.86. The largest absolute Gasteiger partial charge is 0.465 e. The van der Waals surface area contributed by atoms with E-state index in [-0.39, 0.29) is 19.6 Å². The van der Waals surface area contributed by atoms with Gasteiger partial charge in [0, 0.05) is 16.8 Å². The van der Waals surface area contributed by atoms with Crippen molar-refractivity contribution in [1.29, 1.82) is 0 Å². The predicted molar refractivity (Wildman–Crippen MR) is 84.3 cm³/mol. The van der Waals surface area contributed by atoms with Crippen molar-refractivity contribution in [3.05, 3.63) is 34.3 Å². The first kappa shape index (κ1) is 18.4. The van der Waals surface area contributed by atoms with E-state index in [2.05, 4.69) is 15.9 Å². The Kier molecular flexibility index (Phi) is 7.80. The SMILES string of the molecule is CCOC(=O)C(C(=O)OCC)[C@@H](CC=O)c1ccc(Br)cc1. The lowest BCUT2D eigenvalue weighted by Crippen LogP contribution is -2.33. The molecule has 22 heavy (non-hydrogen) atoms. The zero-order chi connectivity index (χ0) is 16.5. The van der Waals surface area contributed by atoms with Gasteiger partial charge in [0.15, 0.2) is 5.92 Å². The molecule has 0 saturated heterocycles. The van der Waals surface area contributed by atoms with Crippen LogP contribution in [-0.2, 0) is 23.9 Å². The van der Waals surface area contributed by atoms with Gasteiger partial charge in [0.05, 0.1) is 13.2 Å². The van der Waals surface area contributed by atoms with Gasteiger partial charge >= 0.3 is 11.9 Å². The third-order valence-electron chi connectivity index (χ3n) is 3.13. The highest BCUT2D eigenvalue weighted by molar-refractivity contribution is 9.10. The number of benzene rings is 1. The van der Waals surface area contributed by atoms with E-state index in [1.54, 1.807) is 38.1 Å². The third kappa shape index (κ3) is 4.94. The molecular formula is C16H19BrO5. The molecule has 0 aliphatic carbocycles. The summed E-state index contributed by atoms with van der Waals surface area (Å²) in [5.41, 5.74) is 0.710. The number of aldehydes is 1. The van der Waals surface area contributed by atoms with Crippen molar-refractivity contribution in [2.24, 2.45) is 5.92 Å². The Labute approximate surface area is 138 Å². The van der Waals surface area contributed by atoms with Crippen LogP contribution in [0.5, 0.6) is 0 Å². The molecule has 0 aliphatic heterocycles. The third-order valence-corrected chi connectivity index (χ3v) is 3.66. The molecule has 0 saturated carbocycles. The van der Waals surface area contributed by atoms with Crippen LogP contribution >= 0.6 is 15.9 Å². The lowest BCUT2D eigenvalue weighted by atomic mass is 9.84. The molecule has 0 aromatic heterocycles. The molecule has 0 bridgehead atoms. The Bertz CT molecular complexity index is 494. The van der Waals surface area contributed by atoms with E-state index < -0.39 is 23.8 Å². The highest BCUT2D eigenvalue weighted by atomic mass is 79.9. The van der Waals surface area contributed by atoms with Gasteiger partial charge in [-0.3, -0.25) is 9.59 Å². The van der Waals surface area contributed by atoms with E-state index in [1.165, 1.54) is 0 Å². The fourth-order valence-electron chi connectivity index (χ4n) is 2.17. The summed E-state index contributed by atoms with van der Waals surface area (Å²) in [6.45, 7) is 3.63. The summed E-state index contributed by atoms with van der Waals surface area (Å²) in [6.07, 6.45) is 0.724. The molecule has 1 rings (SSSR count). The van der Waals surface area contributed by atoms with Crippen molar-refractivity contribution < 1.29 is 23.9 Å². The van der Waals surface area contributed by atoms with Crippen molar-refractivity contribution in [2.45, 2.75) is 26.2 Å². The van der Waals surface area contributed by atoms with Gasteiger partial charge in [-0.1, -0.05) is 28.1 Å². The minimum atomic E-state index is -1.15. The summed E-state index contributed by atoms with van der Waals surface area (Å²) < 4.78 is 10.8. The Morgan fingerprint density at radius 2 is 1.59 bits per heavy atom. The number of esters is 2. The van der Waals surface area contributed by atoms with Crippen LogP contribution in [0, 0.1) is 5.92 Å². The maximum atomic E-state index is 12.2. The van der Waals surface area contributed by atoms with Crippen molar-refractivity contribution in [2.75, 3.05) is 13.2 Å². The van der Waals surface area contributed by atoms with Gasteiger partial charge in [0.1, 0.15) is 6.29 Å². The minimum absolute atomic E-state index is 0.0317. The summed E-state index contributed by atoms with van der Waals surface area (Å²) >= 11 is 3.33. The normalized spacial score (nSPS) is 11.8. The molecule has 0 radical (unpaired) electrons. The van der Waals surface area contributed by atoms with Gasteiger partial charge in [0.2, 0.25) is 0 Å². The first-order chi connectivity index (χ1) is 10.5. The zero-order valence-corrected chi connectivity index (χ0v) is 14.2. The van der Waals surface area contributed by atoms with Crippen molar-refractivity contribution >= 4 is 34.2 Å². The Morgan fingerprint density at radius 3 is 2.00 bits per heavy atom.